The Bertz CT molecular complexity index is 813. The van der Waals surface area contributed by atoms with Crippen molar-refractivity contribution in [2.45, 2.75) is 38.0 Å². The van der Waals surface area contributed by atoms with Gasteiger partial charge in [0.2, 0.25) is 10.0 Å². The normalized spacial score (nSPS) is 22.2. The number of hydrogen-bond donors (Lipinski definition) is 1. The molecule has 1 N–H and O–H groups in total. The summed E-state index contributed by atoms with van der Waals surface area (Å²) >= 11 is 0. The second-order valence-electron chi connectivity index (χ2n) is 6.92. The van der Waals surface area contributed by atoms with Gasteiger partial charge in [0, 0.05) is 18.5 Å². The zero-order valence-corrected chi connectivity index (χ0v) is 15.4. The monoisotopic (exact) mass is 364 g/mol. The van der Waals surface area contributed by atoms with E-state index >= 15 is 0 Å². The van der Waals surface area contributed by atoms with Crippen molar-refractivity contribution in [3.05, 3.63) is 47.3 Å². The number of aryl methyl sites for hydroxylation is 2. The van der Waals surface area contributed by atoms with Gasteiger partial charge in [0.05, 0.1) is 6.61 Å². The summed E-state index contributed by atoms with van der Waals surface area (Å²) in [5.74, 6) is 0.306. The first-order chi connectivity index (χ1) is 11.9. The number of rotatable bonds is 5. The standard InChI is InChI=1S/C18H24N2O4S/c1-14-17(15(2)24-19-14)25(22,23)20-10-6-9-18(12-20,13-21)11-16-7-4-3-5-8-16/h3-5,7-8,21H,6,9-13H2,1-2H3/t18-/m1/s1. The molecule has 25 heavy (non-hydrogen) atoms. The van der Waals surface area contributed by atoms with E-state index in [1.54, 1.807) is 13.8 Å². The van der Waals surface area contributed by atoms with Crippen molar-refractivity contribution in [3.8, 4) is 0 Å². The van der Waals surface area contributed by atoms with E-state index in [9.17, 15) is 13.5 Å². The highest BCUT2D eigenvalue weighted by atomic mass is 32.2. The molecule has 7 heteroatoms. The minimum Gasteiger partial charge on any atom is -0.396 e. The molecule has 1 atom stereocenters. The average Bonchev–Trinajstić information content (AvgIpc) is 2.95. The molecule has 2 aromatic rings. The smallest absolute Gasteiger partial charge is 0.248 e. The van der Waals surface area contributed by atoms with Crippen LogP contribution in [0.25, 0.3) is 0 Å². The molecule has 0 bridgehead atoms. The maximum Gasteiger partial charge on any atom is 0.248 e. The summed E-state index contributed by atoms with van der Waals surface area (Å²) < 4.78 is 32.7. The van der Waals surface area contributed by atoms with Crippen molar-refractivity contribution in [1.29, 1.82) is 0 Å². The largest absolute Gasteiger partial charge is 0.396 e. The fourth-order valence-corrected chi connectivity index (χ4v) is 5.58. The van der Waals surface area contributed by atoms with Crippen LogP contribution in [0.15, 0.2) is 39.8 Å². The maximum absolute atomic E-state index is 13.1. The molecule has 1 aromatic carbocycles. The number of piperidine rings is 1. The van der Waals surface area contributed by atoms with E-state index in [0.717, 1.165) is 18.4 Å². The van der Waals surface area contributed by atoms with Gasteiger partial charge in [-0.2, -0.15) is 4.31 Å². The highest BCUT2D eigenvalue weighted by Gasteiger charge is 2.41. The third-order valence-corrected chi connectivity index (χ3v) is 7.04. The molecule has 0 aliphatic carbocycles. The lowest BCUT2D eigenvalue weighted by molar-refractivity contribution is 0.0644. The Morgan fingerprint density at radius 3 is 2.60 bits per heavy atom. The highest BCUT2D eigenvalue weighted by molar-refractivity contribution is 7.89. The number of sulfonamides is 1. The van der Waals surface area contributed by atoms with E-state index in [-0.39, 0.29) is 11.5 Å². The molecule has 0 unspecified atom stereocenters. The number of hydrogen-bond acceptors (Lipinski definition) is 5. The summed E-state index contributed by atoms with van der Waals surface area (Å²) in [7, 11) is -3.69. The molecule has 0 saturated carbocycles. The number of nitrogens with zero attached hydrogens (tertiary/aromatic N) is 2. The molecule has 0 amide bonds. The van der Waals surface area contributed by atoms with Gasteiger partial charge in [-0.1, -0.05) is 35.5 Å². The predicted molar refractivity (Wildman–Crippen MR) is 93.6 cm³/mol. The van der Waals surface area contributed by atoms with Crippen LogP contribution in [0, 0.1) is 19.3 Å². The van der Waals surface area contributed by atoms with Crippen molar-refractivity contribution in [3.63, 3.8) is 0 Å². The minimum absolute atomic E-state index is 0.0461. The molecule has 1 aromatic heterocycles. The van der Waals surface area contributed by atoms with Crippen LogP contribution in [0.1, 0.15) is 29.9 Å². The van der Waals surface area contributed by atoms with Crippen molar-refractivity contribution in [2.75, 3.05) is 19.7 Å². The van der Waals surface area contributed by atoms with E-state index in [2.05, 4.69) is 5.16 Å². The zero-order chi connectivity index (χ0) is 18.1. The van der Waals surface area contributed by atoms with Crippen molar-refractivity contribution in [2.24, 2.45) is 5.41 Å². The molecule has 1 saturated heterocycles. The third-order valence-electron chi connectivity index (χ3n) is 4.95. The van der Waals surface area contributed by atoms with Gasteiger partial charge in [0.25, 0.3) is 0 Å². The quantitative estimate of drug-likeness (QED) is 0.880. The van der Waals surface area contributed by atoms with E-state index in [1.165, 1.54) is 4.31 Å². The van der Waals surface area contributed by atoms with Gasteiger partial charge in [-0.3, -0.25) is 0 Å². The van der Waals surface area contributed by atoms with Gasteiger partial charge in [-0.15, -0.1) is 0 Å². The van der Waals surface area contributed by atoms with Gasteiger partial charge in [0.15, 0.2) is 5.76 Å². The van der Waals surface area contributed by atoms with Crippen LogP contribution in [-0.2, 0) is 16.4 Å². The van der Waals surface area contributed by atoms with E-state index < -0.39 is 15.4 Å². The number of aliphatic hydroxyl groups excluding tert-OH is 1. The molecule has 0 radical (unpaired) electrons. The molecule has 6 nitrogen and oxygen atoms in total. The van der Waals surface area contributed by atoms with Crippen LogP contribution >= 0.6 is 0 Å². The van der Waals surface area contributed by atoms with Crippen LogP contribution in [0.4, 0.5) is 0 Å². The zero-order valence-electron chi connectivity index (χ0n) is 14.6. The third kappa shape index (κ3) is 3.49. The maximum atomic E-state index is 13.1. The SMILES string of the molecule is Cc1noc(C)c1S(=O)(=O)N1CCC[C@@](CO)(Cc2ccccc2)C1. The number of aliphatic hydroxyl groups is 1. The Kier molecular flexibility index (Phi) is 4.99. The lowest BCUT2D eigenvalue weighted by atomic mass is 9.76. The Hall–Kier alpha value is -1.70. The van der Waals surface area contributed by atoms with Gasteiger partial charge >= 0.3 is 0 Å². The van der Waals surface area contributed by atoms with Crippen molar-refractivity contribution >= 4 is 10.0 Å². The summed E-state index contributed by atoms with van der Waals surface area (Å²) in [6.45, 7) is 3.94. The first kappa shape index (κ1) is 18.1. The topological polar surface area (TPSA) is 83.6 Å². The second kappa shape index (κ2) is 6.90. The Morgan fingerprint density at radius 2 is 2.00 bits per heavy atom. The molecule has 1 fully saturated rings. The molecule has 1 aliphatic heterocycles. The highest BCUT2D eigenvalue weighted by Crippen LogP contribution is 2.36. The number of aromatic nitrogens is 1. The van der Waals surface area contributed by atoms with Gasteiger partial charge in [-0.05, 0) is 38.7 Å². The van der Waals surface area contributed by atoms with Gasteiger partial charge < -0.3 is 9.63 Å². The lowest BCUT2D eigenvalue weighted by Crippen LogP contribution is -2.49. The summed E-state index contributed by atoms with van der Waals surface area (Å²) in [4.78, 5) is 0.154. The van der Waals surface area contributed by atoms with Gasteiger partial charge in [-0.25, -0.2) is 8.42 Å². The van der Waals surface area contributed by atoms with E-state index in [1.807, 2.05) is 30.3 Å². The summed E-state index contributed by atoms with van der Waals surface area (Å²) in [5.41, 5.74) is 1.01. The second-order valence-corrected chi connectivity index (χ2v) is 8.79. The van der Waals surface area contributed by atoms with Crippen LogP contribution in [-0.4, -0.2) is 42.7 Å². The first-order valence-electron chi connectivity index (χ1n) is 8.46. The van der Waals surface area contributed by atoms with Crippen LogP contribution in [0.5, 0.6) is 0 Å². The Labute approximate surface area is 148 Å². The van der Waals surface area contributed by atoms with Crippen LogP contribution in [0.3, 0.4) is 0 Å². The van der Waals surface area contributed by atoms with Crippen molar-refractivity contribution < 1.29 is 18.0 Å². The molecular formula is C18H24N2O4S. The summed E-state index contributed by atoms with van der Waals surface area (Å²) in [5, 5.41) is 13.8. The van der Waals surface area contributed by atoms with Crippen LogP contribution < -0.4 is 0 Å². The Balaban J connectivity index is 1.89. The minimum atomic E-state index is -3.69. The van der Waals surface area contributed by atoms with Crippen LogP contribution in [0.2, 0.25) is 0 Å². The van der Waals surface area contributed by atoms with Crippen molar-refractivity contribution in [1.82, 2.24) is 9.46 Å². The fourth-order valence-electron chi connectivity index (χ4n) is 3.70. The molecule has 1 aliphatic rings. The summed E-state index contributed by atoms with van der Waals surface area (Å²) in [6.07, 6.45) is 2.17. The molecule has 3 rings (SSSR count). The summed E-state index contributed by atoms with van der Waals surface area (Å²) in [6, 6.07) is 9.89. The van der Waals surface area contributed by atoms with E-state index in [4.69, 9.17) is 4.52 Å². The molecule has 0 spiro atoms. The lowest BCUT2D eigenvalue weighted by Gasteiger charge is -2.41. The predicted octanol–water partition coefficient (Wildman–Crippen LogP) is 2.30. The van der Waals surface area contributed by atoms with E-state index in [0.29, 0.717) is 31.0 Å². The average molecular weight is 364 g/mol. The molecule has 2 heterocycles. The molecular weight excluding hydrogens is 340 g/mol. The number of benzene rings is 1. The molecule has 136 valence electrons. The van der Waals surface area contributed by atoms with Gasteiger partial charge in [0.1, 0.15) is 10.6 Å². The first-order valence-corrected chi connectivity index (χ1v) is 9.90. The Morgan fingerprint density at radius 1 is 1.28 bits per heavy atom. The fraction of sp³-hybridized carbons (Fsp3) is 0.500.